The molecule has 0 saturated heterocycles. The number of methoxy groups -OCH3 is 1. The molecule has 0 spiro atoms. The highest BCUT2D eigenvalue weighted by Gasteiger charge is 2.14. The highest BCUT2D eigenvalue weighted by Crippen LogP contribution is 2.28. The van der Waals surface area contributed by atoms with E-state index in [1.807, 2.05) is 26.0 Å². The highest BCUT2D eigenvalue weighted by atomic mass is 35.5. The first-order valence-corrected chi connectivity index (χ1v) is 6.81. The van der Waals surface area contributed by atoms with E-state index in [2.05, 4.69) is 5.32 Å². The number of nitrogens with one attached hydrogen (secondary N) is 1. The van der Waals surface area contributed by atoms with Crippen molar-refractivity contribution < 1.29 is 9.53 Å². The van der Waals surface area contributed by atoms with Gasteiger partial charge < -0.3 is 15.8 Å². The minimum atomic E-state index is -0.302. The van der Waals surface area contributed by atoms with Crippen molar-refractivity contribution in [2.75, 3.05) is 18.2 Å². The Morgan fingerprint density at radius 3 is 2.52 bits per heavy atom. The minimum absolute atomic E-state index is 0.302. The van der Waals surface area contributed by atoms with Crippen LogP contribution in [0.4, 0.5) is 11.4 Å². The van der Waals surface area contributed by atoms with Gasteiger partial charge in [-0.15, -0.1) is 0 Å². The van der Waals surface area contributed by atoms with E-state index in [0.717, 1.165) is 11.1 Å². The first kappa shape index (κ1) is 15.2. The molecule has 5 heteroatoms. The van der Waals surface area contributed by atoms with Crippen molar-refractivity contribution in [3.63, 3.8) is 0 Å². The standard InChI is InChI=1S/C16H17ClN2O2/c1-9-6-10(2)15(13(17)7-9)19-16(20)12-5-4-11(21-3)8-14(12)18/h4-8H,18H2,1-3H3,(H,19,20). The number of carbonyl (C=O) groups is 1. The average Bonchev–Trinajstić information content (AvgIpc) is 2.42. The third-order valence-electron chi connectivity index (χ3n) is 3.17. The number of hydrogen-bond acceptors (Lipinski definition) is 3. The number of anilines is 2. The molecule has 0 bridgehead atoms. The van der Waals surface area contributed by atoms with Crippen LogP contribution in [0.5, 0.6) is 5.75 Å². The molecule has 2 aromatic carbocycles. The Morgan fingerprint density at radius 2 is 1.95 bits per heavy atom. The van der Waals surface area contributed by atoms with Crippen LogP contribution in [0.15, 0.2) is 30.3 Å². The van der Waals surface area contributed by atoms with Crippen LogP contribution in [0.2, 0.25) is 5.02 Å². The Bertz CT molecular complexity index is 676. The number of aryl methyl sites for hydroxylation is 2. The zero-order chi connectivity index (χ0) is 15.6. The summed E-state index contributed by atoms with van der Waals surface area (Å²) < 4.78 is 5.07. The van der Waals surface area contributed by atoms with Gasteiger partial charge in [0.15, 0.2) is 0 Å². The van der Waals surface area contributed by atoms with Gasteiger partial charge in [-0.05, 0) is 43.2 Å². The second kappa shape index (κ2) is 6.06. The van der Waals surface area contributed by atoms with Gasteiger partial charge in [-0.3, -0.25) is 4.79 Å². The number of amides is 1. The largest absolute Gasteiger partial charge is 0.497 e. The van der Waals surface area contributed by atoms with Crippen molar-refractivity contribution in [1.29, 1.82) is 0 Å². The molecule has 2 rings (SSSR count). The lowest BCUT2D eigenvalue weighted by atomic mass is 10.1. The van der Waals surface area contributed by atoms with Crippen molar-refractivity contribution in [1.82, 2.24) is 0 Å². The van der Waals surface area contributed by atoms with Crippen molar-refractivity contribution in [2.24, 2.45) is 0 Å². The number of rotatable bonds is 3. The fourth-order valence-corrected chi connectivity index (χ4v) is 2.50. The summed E-state index contributed by atoms with van der Waals surface area (Å²) in [6, 6.07) is 8.69. The Hall–Kier alpha value is -2.20. The van der Waals surface area contributed by atoms with Gasteiger partial charge >= 0.3 is 0 Å². The highest BCUT2D eigenvalue weighted by molar-refractivity contribution is 6.34. The summed E-state index contributed by atoms with van der Waals surface area (Å²) >= 11 is 6.19. The second-order valence-electron chi connectivity index (χ2n) is 4.85. The van der Waals surface area contributed by atoms with Crippen LogP contribution in [0.3, 0.4) is 0 Å². The summed E-state index contributed by atoms with van der Waals surface area (Å²) in [4.78, 5) is 12.3. The molecular weight excluding hydrogens is 288 g/mol. The van der Waals surface area contributed by atoms with Gasteiger partial charge in [-0.1, -0.05) is 17.7 Å². The Kier molecular flexibility index (Phi) is 4.38. The van der Waals surface area contributed by atoms with Crippen LogP contribution in [-0.4, -0.2) is 13.0 Å². The van der Waals surface area contributed by atoms with E-state index in [4.69, 9.17) is 22.1 Å². The maximum Gasteiger partial charge on any atom is 0.257 e. The quantitative estimate of drug-likeness (QED) is 0.848. The number of benzene rings is 2. The summed E-state index contributed by atoms with van der Waals surface area (Å²) in [5.74, 6) is 0.303. The van der Waals surface area contributed by atoms with Gasteiger partial charge in [-0.25, -0.2) is 0 Å². The van der Waals surface area contributed by atoms with Gasteiger partial charge in [0.25, 0.3) is 5.91 Å². The molecule has 3 N–H and O–H groups in total. The number of carbonyl (C=O) groups excluding carboxylic acids is 1. The Labute approximate surface area is 128 Å². The van der Waals surface area contributed by atoms with Gasteiger partial charge in [-0.2, -0.15) is 0 Å². The third kappa shape index (κ3) is 3.28. The molecule has 2 aromatic rings. The summed E-state index contributed by atoms with van der Waals surface area (Å²) in [5, 5.41) is 3.32. The number of hydrogen-bond donors (Lipinski definition) is 2. The van der Waals surface area contributed by atoms with E-state index >= 15 is 0 Å². The lowest BCUT2D eigenvalue weighted by Gasteiger charge is -2.13. The minimum Gasteiger partial charge on any atom is -0.497 e. The lowest BCUT2D eigenvalue weighted by molar-refractivity contribution is 0.102. The normalized spacial score (nSPS) is 10.3. The first-order valence-electron chi connectivity index (χ1n) is 6.44. The molecule has 0 heterocycles. The fourth-order valence-electron chi connectivity index (χ4n) is 2.13. The molecule has 0 aromatic heterocycles. The molecule has 0 atom stereocenters. The maximum atomic E-state index is 12.3. The van der Waals surface area contributed by atoms with Crippen molar-refractivity contribution in [3.8, 4) is 5.75 Å². The van der Waals surface area contributed by atoms with Crippen molar-refractivity contribution in [2.45, 2.75) is 13.8 Å². The molecule has 0 aliphatic heterocycles. The maximum absolute atomic E-state index is 12.3. The summed E-state index contributed by atoms with van der Waals surface area (Å²) in [7, 11) is 1.55. The second-order valence-corrected chi connectivity index (χ2v) is 5.25. The number of nitrogen functional groups attached to an aromatic ring is 1. The molecule has 0 radical (unpaired) electrons. The van der Waals surface area contributed by atoms with E-state index < -0.39 is 0 Å². The Morgan fingerprint density at radius 1 is 1.24 bits per heavy atom. The topological polar surface area (TPSA) is 64.3 Å². The monoisotopic (exact) mass is 304 g/mol. The predicted molar refractivity (Wildman–Crippen MR) is 86.3 cm³/mol. The van der Waals surface area contributed by atoms with Gasteiger partial charge in [0, 0.05) is 11.8 Å². The molecular formula is C16H17ClN2O2. The SMILES string of the molecule is COc1ccc(C(=O)Nc2c(C)cc(C)cc2Cl)c(N)c1. The van der Waals surface area contributed by atoms with Gasteiger partial charge in [0.2, 0.25) is 0 Å². The van der Waals surface area contributed by atoms with Crippen molar-refractivity contribution >= 4 is 28.9 Å². The van der Waals surface area contributed by atoms with Gasteiger partial charge in [0.05, 0.1) is 23.4 Å². The van der Waals surface area contributed by atoms with Crippen LogP contribution in [0.1, 0.15) is 21.5 Å². The number of nitrogens with two attached hydrogens (primary N) is 1. The van der Waals surface area contributed by atoms with Crippen LogP contribution in [0, 0.1) is 13.8 Å². The molecule has 0 aliphatic rings. The molecule has 0 fully saturated rings. The zero-order valence-electron chi connectivity index (χ0n) is 12.2. The molecule has 0 aliphatic carbocycles. The van der Waals surface area contributed by atoms with E-state index in [1.165, 1.54) is 0 Å². The van der Waals surface area contributed by atoms with E-state index in [1.54, 1.807) is 25.3 Å². The average molecular weight is 305 g/mol. The molecule has 0 saturated carbocycles. The van der Waals surface area contributed by atoms with Crippen LogP contribution >= 0.6 is 11.6 Å². The molecule has 1 amide bonds. The number of halogens is 1. The van der Waals surface area contributed by atoms with Crippen LogP contribution < -0.4 is 15.8 Å². The summed E-state index contributed by atoms with van der Waals surface area (Å²) in [6.45, 7) is 3.85. The van der Waals surface area contributed by atoms with Crippen molar-refractivity contribution in [3.05, 3.63) is 52.0 Å². The first-order chi connectivity index (χ1) is 9.92. The summed E-state index contributed by atoms with van der Waals surface area (Å²) in [6.07, 6.45) is 0. The zero-order valence-corrected chi connectivity index (χ0v) is 12.9. The fraction of sp³-hybridized carbons (Fsp3) is 0.188. The molecule has 21 heavy (non-hydrogen) atoms. The van der Waals surface area contributed by atoms with E-state index in [9.17, 15) is 4.79 Å². The predicted octanol–water partition coefficient (Wildman–Crippen LogP) is 3.80. The molecule has 0 unspecified atom stereocenters. The molecule has 110 valence electrons. The summed E-state index contributed by atoms with van der Waals surface area (Å²) in [5.41, 5.74) is 9.16. The smallest absolute Gasteiger partial charge is 0.257 e. The number of ether oxygens (including phenoxy) is 1. The van der Waals surface area contributed by atoms with E-state index in [-0.39, 0.29) is 5.91 Å². The van der Waals surface area contributed by atoms with Gasteiger partial charge in [0.1, 0.15) is 5.75 Å². The molecule has 4 nitrogen and oxygen atoms in total. The lowest BCUT2D eigenvalue weighted by Crippen LogP contribution is -2.15. The van der Waals surface area contributed by atoms with Crippen LogP contribution in [0.25, 0.3) is 0 Å². The van der Waals surface area contributed by atoms with Crippen LogP contribution in [-0.2, 0) is 0 Å². The van der Waals surface area contributed by atoms with E-state index in [0.29, 0.717) is 27.7 Å². The Balaban J connectivity index is 2.30. The third-order valence-corrected chi connectivity index (χ3v) is 3.47.